The van der Waals surface area contributed by atoms with E-state index >= 15 is 0 Å². The number of hydrogen-bond donors (Lipinski definition) is 1. The number of nitrogens with zero attached hydrogens (tertiary/aromatic N) is 1. The fraction of sp³-hybridized carbons (Fsp3) is 0.364. The van der Waals surface area contributed by atoms with Crippen LogP contribution in [0, 0.1) is 11.3 Å². The van der Waals surface area contributed by atoms with Crippen LogP contribution in [0.3, 0.4) is 0 Å². The van der Waals surface area contributed by atoms with Crippen LogP contribution in [0.15, 0.2) is 18.2 Å². The molecule has 0 saturated heterocycles. The molecule has 1 aromatic carbocycles. The van der Waals surface area contributed by atoms with Gasteiger partial charge in [0.1, 0.15) is 6.04 Å². The summed E-state index contributed by atoms with van der Waals surface area (Å²) in [5.74, 6) is 0. The van der Waals surface area contributed by atoms with Crippen molar-refractivity contribution < 1.29 is 0 Å². The maximum atomic E-state index is 8.98. The fourth-order valence-electron chi connectivity index (χ4n) is 1.22. The Hall–Kier alpha value is -0.750. The normalized spacial score (nSPS) is 12.1. The van der Waals surface area contributed by atoms with Crippen LogP contribution in [0.25, 0.3) is 0 Å². The van der Waals surface area contributed by atoms with Crippen molar-refractivity contribution in [3.63, 3.8) is 0 Å². The fourth-order valence-corrected chi connectivity index (χ4v) is 1.53. The first kappa shape index (κ1) is 12.3. The molecule has 0 aliphatic heterocycles. The van der Waals surface area contributed by atoms with Crippen molar-refractivity contribution in [2.75, 3.05) is 6.54 Å². The lowest BCUT2D eigenvalue weighted by Crippen LogP contribution is -2.20. The average Bonchev–Trinajstić information content (AvgIpc) is 2.24. The van der Waals surface area contributed by atoms with Gasteiger partial charge in [0.15, 0.2) is 0 Å². The van der Waals surface area contributed by atoms with Gasteiger partial charge in [0.05, 0.1) is 16.1 Å². The number of hydrogen-bond acceptors (Lipinski definition) is 2. The van der Waals surface area contributed by atoms with E-state index in [2.05, 4.69) is 18.3 Å². The number of nitrogens with one attached hydrogen (secondary N) is 1. The monoisotopic (exact) mass is 242 g/mol. The summed E-state index contributed by atoms with van der Waals surface area (Å²) in [5.41, 5.74) is 0.848. The summed E-state index contributed by atoms with van der Waals surface area (Å²) in [5, 5.41) is 13.1. The largest absolute Gasteiger partial charge is 0.298 e. The van der Waals surface area contributed by atoms with Crippen LogP contribution in [0.4, 0.5) is 0 Å². The first-order valence-electron chi connectivity index (χ1n) is 4.77. The molecule has 0 aliphatic carbocycles. The van der Waals surface area contributed by atoms with Crippen LogP contribution in [-0.4, -0.2) is 6.54 Å². The molecule has 0 aromatic heterocycles. The Morgan fingerprint density at radius 1 is 1.40 bits per heavy atom. The van der Waals surface area contributed by atoms with Gasteiger partial charge in [-0.3, -0.25) is 5.32 Å². The molecular formula is C11H12Cl2N2. The number of benzene rings is 1. The van der Waals surface area contributed by atoms with E-state index in [-0.39, 0.29) is 6.04 Å². The van der Waals surface area contributed by atoms with E-state index in [0.29, 0.717) is 10.0 Å². The average molecular weight is 243 g/mol. The third-order valence-corrected chi connectivity index (χ3v) is 2.74. The standard InChI is InChI=1S/C11H12Cl2N2/c1-2-5-15-11(7-14)8-3-4-9(12)10(13)6-8/h3-4,6,11,15H,2,5H2,1H3. The maximum Gasteiger partial charge on any atom is 0.121 e. The van der Waals surface area contributed by atoms with E-state index in [1.54, 1.807) is 12.1 Å². The zero-order chi connectivity index (χ0) is 11.3. The van der Waals surface area contributed by atoms with Crippen LogP contribution in [0.1, 0.15) is 24.9 Å². The van der Waals surface area contributed by atoms with Crippen LogP contribution in [-0.2, 0) is 0 Å². The van der Waals surface area contributed by atoms with Gasteiger partial charge in [0, 0.05) is 0 Å². The Labute approximate surface area is 99.8 Å². The first-order valence-corrected chi connectivity index (χ1v) is 5.52. The molecule has 0 aliphatic rings. The van der Waals surface area contributed by atoms with E-state index < -0.39 is 0 Å². The summed E-state index contributed by atoms with van der Waals surface area (Å²) in [4.78, 5) is 0. The van der Waals surface area contributed by atoms with Gasteiger partial charge in [-0.2, -0.15) is 5.26 Å². The van der Waals surface area contributed by atoms with E-state index in [0.717, 1.165) is 18.5 Å². The van der Waals surface area contributed by atoms with Gasteiger partial charge in [-0.25, -0.2) is 0 Å². The number of nitriles is 1. The molecule has 1 aromatic rings. The molecule has 4 heteroatoms. The van der Waals surface area contributed by atoms with Crippen molar-refractivity contribution in [2.45, 2.75) is 19.4 Å². The number of halogens is 2. The lowest BCUT2D eigenvalue weighted by molar-refractivity contribution is 0.621. The second-order valence-electron chi connectivity index (χ2n) is 3.19. The molecule has 0 bridgehead atoms. The van der Waals surface area contributed by atoms with Gasteiger partial charge in [-0.1, -0.05) is 36.2 Å². The Morgan fingerprint density at radius 2 is 2.13 bits per heavy atom. The van der Waals surface area contributed by atoms with Crippen LogP contribution >= 0.6 is 23.2 Å². The molecule has 1 atom stereocenters. The highest BCUT2D eigenvalue weighted by atomic mass is 35.5. The van der Waals surface area contributed by atoms with Gasteiger partial charge >= 0.3 is 0 Å². The highest BCUT2D eigenvalue weighted by Crippen LogP contribution is 2.25. The molecule has 15 heavy (non-hydrogen) atoms. The second-order valence-corrected chi connectivity index (χ2v) is 4.00. The van der Waals surface area contributed by atoms with Crippen molar-refractivity contribution in [3.05, 3.63) is 33.8 Å². The highest BCUT2D eigenvalue weighted by Gasteiger charge is 2.10. The van der Waals surface area contributed by atoms with Crippen LogP contribution in [0.5, 0.6) is 0 Å². The van der Waals surface area contributed by atoms with Gasteiger partial charge in [0.2, 0.25) is 0 Å². The van der Waals surface area contributed by atoms with E-state index in [4.69, 9.17) is 28.5 Å². The minimum Gasteiger partial charge on any atom is -0.298 e. The minimum absolute atomic E-state index is 0.320. The Balaban J connectivity index is 2.84. The zero-order valence-corrected chi connectivity index (χ0v) is 9.94. The van der Waals surface area contributed by atoms with Crippen molar-refractivity contribution in [3.8, 4) is 6.07 Å². The molecule has 0 radical (unpaired) electrons. The van der Waals surface area contributed by atoms with Gasteiger partial charge in [0.25, 0.3) is 0 Å². The second kappa shape index (κ2) is 5.97. The third-order valence-electron chi connectivity index (χ3n) is 2.00. The Morgan fingerprint density at radius 3 is 2.67 bits per heavy atom. The molecule has 0 amide bonds. The van der Waals surface area contributed by atoms with Crippen LogP contribution in [0.2, 0.25) is 10.0 Å². The molecule has 2 nitrogen and oxygen atoms in total. The topological polar surface area (TPSA) is 35.8 Å². The smallest absolute Gasteiger partial charge is 0.121 e. The molecule has 1 N–H and O–H groups in total. The van der Waals surface area contributed by atoms with E-state index in [9.17, 15) is 0 Å². The van der Waals surface area contributed by atoms with Crippen molar-refractivity contribution in [2.24, 2.45) is 0 Å². The van der Waals surface area contributed by atoms with Gasteiger partial charge in [-0.05, 0) is 30.7 Å². The quantitative estimate of drug-likeness (QED) is 0.877. The Kier molecular flexibility index (Phi) is 4.90. The molecule has 1 rings (SSSR count). The van der Waals surface area contributed by atoms with Crippen molar-refractivity contribution >= 4 is 23.2 Å². The molecule has 0 heterocycles. The maximum absolute atomic E-state index is 8.98. The number of rotatable bonds is 4. The molecule has 0 fully saturated rings. The summed E-state index contributed by atoms with van der Waals surface area (Å²) >= 11 is 11.7. The summed E-state index contributed by atoms with van der Waals surface area (Å²) in [6, 6.07) is 7.11. The minimum atomic E-state index is -0.320. The van der Waals surface area contributed by atoms with E-state index in [1.807, 2.05) is 6.07 Å². The zero-order valence-electron chi connectivity index (χ0n) is 8.43. The lowest BCUT2D eigenvalue weighted by Gasteiger charge is -2.11. The Bertz CT molecular complexity index is 371. The molecule has 0 spiro atoms. The predicted octanol–water partition coefficient (Wildman–Crippen LogP) is 3.56. The lowest BCUT2D eigenvalue weighted by atomic mass is 10.1. The summed E-state index contributed by atoms with van der Waals surface area (Å²) in [7, 11) is 0. The molecule has 80 valence electrons. The predicted molar refractivity (Wildman–Crippen MR) is 63.1 cm³/mol. The highest BCUT2D eigenvalue weighted by molar-refractivity contribution is 6.42. The summed E-state index contributed by atoms with van der Waals surface area (Å²) < 4.78 is 0. The third kappa shape index (κ3) is 3.39. The molecular weight excluding hydrogens is 231 g/mol. The summed E-state index contributed by atoms with van der Waals surface area (Å²) in [6.07, 6.45) is 0.986. The molecule has 1 unspecified atom stereocenters. The van der Waals surface area contributed by atoms with E-state index in [1.165, 1.54) is 0 Å². The van der Waals surface area contributed by atoms with Crippen molar-refractivity contribution in [1.82, 2.24) is 5.32 Å². The van der Waals surface area contributed by atoms with Crippen molar-refractivity contribution in [1.29, 1.82) is 5.26 Å². The summed E-state index contributed by atoms with van der Waals surface area (Å²) in [6.45, 7) is 2.86. The first-order chi connectivity index (χ1) is 7.19. The van der Waals surface area contributed by atoms with Crippen LogP contribution < -0.4 is 5.32 Å². The van der Waals surface area contributed by atoms with Gasteiger partial charge < -0.3 is 0 Å². The SMILES string of the molecule is CCCNC(C#N)c1ccc(Cl)c(Cl)c1. The van der Waals surface area contributed by atoms with Gasteiger partial charge in [-0.15, -0.1) is 0 Å². The molecule has 0 saturated carbocycles.